The van der Waals surface area contributed by atoms with Crippen LogP contribution in [-0.4, -0.2) is 23.4 Å². The number of quaternary nitrogens is 1. The number of hydrogen-bond acceptors (Lipinski definition) is 3. The summed E-state index contributed by atoms with van der Waals surface area (Å²) in [6.07, 6.45) is 3.87. The molecule has 0 saturated carbocycles. The Labute approximate surface area is 196 Å². The van der Waals surface area contributed by atoms with Crippen LogP contribution in [0.15, 0.2) is 48.4 Å². The van der Waals surface area contributed by atoms with E-state index in [-0.39, 0.29) is 17.3 Å². The average molecular weight is 447 g/mol. The second-order valence-electron chi connectivity index (χ2n) is 9.87. The number of benzene rings is 2. The van der Waals surface area contributed by atoms with E-state index in [9.17, 15) is 9.90 Å². The number of nitrogens with zero attached hydrogens (tertiary/aromatic N) is 1. The molecule has 4 rings (SSSR count). The molecular formula is C28H34N2O3. The fourth-order valence-electron chi connectivity index (χ4n) is 4.88. The van der Waals surface area contributed by atoms with Gasteiger partial charge in [0.1, 0.15) is 12.3 Å². The van der Waals surface area contributed by atoms with E-state index in [2.05, 4.69) is 51.3 Å². The Hall–Kier alpha value is -3.05. The molecule has 1 aliphatic rings. The van der Waals surface area contributed by atoms with Gasteiger partial charge in [-0.2, -0.15) is 0 Å². The molecular weight excluding hydrogens is 412 g/mol. The van der Waals surface area contributed by atoms with Crippen LogP contribution < -0.4 is 14.7 Å². The molecule has 1 N–H and O–H groups in total. The number of allylic oxidation sites excluding steroid dienone is 1. The summed E-state index contributed by atoms with van der Waals surface area (Å²) >= 11 is 0. The highest BCUT2D eigenvalue weighted by atomic mass is 16.5. The van der Waals surface area contributed by atoms with Gasteiger partial charge in [-0.1, -0.05) is 57.7 Å². The Morgan fingerprint density at radius 3 is 2.42 bits per heavy atom. The number of ketones is 1. The number of fused-ring (bicyclic) bond motifs is 2. The van der Waals surface area contributed by atoms with Crippen molar-refractivity contribution in [1.29, 1.82) is 0 Å². The Balaban J connectivity index is 1.70. The molecule has 174 valence electrons. The Morgan fingerprint density at radius 1 is 1.06 bits per heavy atom. The summed E-state index contributed by atoms with van der Waals surface area (Å²) < 4.78 is 8.29. The first-order chi connectivity index (χ1) is 15.8. The van der Waals surface area contributed by atoms with Crippen LogP contribution in [0.25, 0.3) is 17.0 Å². The van der Waals surface area contributed by atoms with Gasteiger partial charge in [0, 0.05) is 46.6 Å². The van der Waals surface area contributed by atoms with E-state index in [1.807, 2.05) is 24.4 Å². The SMILES string of the molecule is CCn1cc(/C=C2/Oc3c(ccc([O-])c3C[NH+](CC(C)C)CC(C)C)C2=O)c2ccccc21. The standard InChI is InChI=1S/C28H34N2O3/c1-6-30-16-20(21-9-7-8-10-24(21)30)13-26-27(32)22-11-12-25(31)23(28(22)33-26)17-29(14-18(2)3)15-19(4)5/h7-13,16,18-19,31H,6,14-15,17H2,1-5H3/b26-13+. The van der Waals surface area contributed by atoms with E-state index in [1.165, 1.54) is 11.0 Å². The van der Waals surface area contributed by atoms with Crippen molar-refractivity contribution in [1.82, 2.24) is 4.57 Å². The minimum atomic E-state index is -0.158. The molecule has 0 fully saturated rings. The van der Waals surface area contributed by atoms with Crippen LogP contribution in [0.5, 0.6) is 11.5 Å². The molecule has 2 aromatic carbocycles. The lowest BCUT2D eigenvalue weighted by Gasteiger charge is -2.26. The second kappa shape index (κ2) is 9.44. The largest absolute Gasteiger partial charge is 0.872 e. The number of carbonyl (C=O) groups excluding carboxylic acids is 1. The van der Waals surface area contributed by atoms with Crippen molar-refractivity contribution < 1.29 is 19.5 Å². The smallest absolute Gasteiger partial charge is 0.231 e. The fraction of sp³-hybridized carbons (Fsp3) is 0.393. The van der Waals surface area contributed by atoms with Crippen LogP contribution in [-0.2, 0) is 13.1 Å². The summed E-state index contributed by atoms with van der Waals surface area (Å²) in [7, 11) is 0. The van der Waals surface area contributed by atoms with Gasteiger partial charge in [-0.3, -0.25) is 4.79 Å². The molecule has 0 bridgehead atoms. The molecule has 0 saturated heterocycles. The van der Waals surface area contributed by atoms with Gasteiger partial charge < -0.3 is 19.3 Å². The summed E-state index contributed by atoms with van der Waals surface area (Å²) in [6, 6.07) is 11.3. The van der Waals surface area contributed by atoms with E-state index in [4.69, 9.17) is 4.74 Å². The van der Waals surface area contributed by atoms with Crippen LogP contribution in [0.1, 0.15) is 56.1 Å². The lowest BCUT2D eigenvalue weighted by Crippen LogP contribution is -3.11. The Kier molecular flexibility index (Phi) is 6.61. The third kappa shape index (κ3) is 4.69. The number of aryl methyl sites for hydroxylation is 1. The van der Waals surface area contributed by atoms with Crippen LogP contribution in [0, 0.1) is 11.8 Å². The van der Waals surface area contributed by atoms with Crippen molar-refractivity contribution in [2.24, 2.45) is 11.8 Å². The summed E-state index contributed by atoms with van der Waals surface area (Å²) in [4.78, 5) is 14.5. The number of Topliss-reactive ketones (excluding diaryl/α,β-unsaturated/α-hetero) is 1. The van der Waals surface area contributed by atoms with Crippen molar-refractivity contribution >= 4 is 22.8 Å². The summed E-state index contributed by atoms with van der Waals surface area (Å²) in [5.74, 6) is 1.54. The fourth-order valence-corrected chi connectivity index (χ4v) is 4.88. The van der Waals surface area contributed by atoms with Crippen LogP contribution in [0.3, 0.4) is 0 Å². The number of rotatable bonds is 8. The third-order valence-corrected chi connectivity index (χ3v) is 6.17. The first-order valence-corrected chi connectivity index (χ1v) is 12.0. The third-order valence-electron chi connectivity index (χ3n) is 6.17. The highest BCUT2D eigenvalue weighted by Gasteiger charge is 2.31. The maximum Gasteiger partial charge on any atom is 0.231 e. The number of hydrogen-bond donors (Lipinski definition) is 1. The maximum absolute atomic E-state index is 13.2. The average Bonchev–Trinajstić information content (AvgIpc) is 3.27. The van der Waals surface area contributed by atoms with Gasteiger partial charge in [-0.05, 0) is 25.1 Å². The molecule has 0 amide bonds. The zero-order valence-electron chi connectivity index (χ0n) is 20.3. The van der Waals surface area contributed by atoms with Crippen LogP contribution in [0.4, 0.5) is 0 Å². The molecule has 1 aromatic heterocycles. The Morgan fingerprint density at radius 2 is 1.76 bits per heavy atom. The van der Waals surface area contributed by atoms with Gasteiger partial charge in [0.2, 0.25) is 5.78 Å². The zero-order valence-corrected chi connectivity index (χ0v) is 20.3. The molecule has 3 aromatic rings. The van der Waals surface area contributed by atoms with Gasteiger partial charge in [-0.15, -0.1) is 0 Å². The van der Waals surface area contributed by atoms with E-state index in [0.717, 1.165) is 36.1 Å². The minimum absolute atomic E-state index is 0.0598. The van der Waals surface area contributed by atoms with Crippen LogP contribution in [0.2, 0.25) is 0 Å². The molecule has 0 spiro atoms. The number of aromatic nitrogens is 1. The van der Waals surface area contributed by atoms with Gasteiger partial charge >= 0.3 is 0 Å². The first-order valence-electron chi connectivity index (χ1n) is 12.0. The maximum atomic E-state index is 13.2. The number of carbonyl (C=O) groups is 1. The lowest BCUT2D eigenvalue weighted by atomic mass is 10.0. The predicted molar refractivity (Wildman–Crippen MR) is 131 cm³/mol. The number of para-hydroxylation sites is 1. The zero-order chi connectivity index (χ0) is 23.7. The topological polar surface area (TPSA) is 58.7 Å². The monoisotopic (exact) mass is 446 g/mol. The molecule has 33 heavy (non-hydrogen) atoms. The molecule has 5 nitrogen and oxygen atoms in total. The van der Waals surface area contributed by atoms with Crippen molar-refractivity contribution in [2.45, 2.75) is 47.7 Å². The number of ether oxygens (including phenoxy) is 1. The minimum Gasteiger partial charge on any atom is -0.872 e. The molecule has 1 aliphatic heterocycles. The highest BCUT2D eigenvalue weighted by molar-refractivity contribution is 6.15. The predicted octanol–water partition coefficient (Wildman–Crippen LogP) is 4.05. The van der Waals surface area contributed by atoms with Crippen LogP contribution >= 0.6 is 0 Å². The quantitative estimate of drug-likeness (QED) is 0.531. The molecule has 0 radical (unpaired) electrons. The van der Waals surface area contributed by atoms with Crippen molar-refractivity contribution in [3.8, 4) is 11.5 Å². The molecule has 5 heteroatoms. The van der Waals surface area contributed by atoms with E-state index in [1.54, 1.807) is 6.07 Å². The van der Waals surface area contributed by atoms with Gasteiger partial charge in [0.25, 0.3) is 0 Å². The van der Waals surface area contributed by atoms with Gasteiger partial charge in [0.15, 0.2) is 5.76 Å². The highest BCUT2D eigenvalue weighted by Crippen LogP contribution is 2.39. The van der Waals surface area contributed by atoms with Gasteiger partial charge in [-0.25, -0.2) is 0 Å². The molecule has 0 aliphatic carbocycles. The normalized spacial score (nSPS) is 14.8. The summed E-state index contributed by atoms with van der Waals surface area (Å²) in [6.45, 7) is 14.2. The summed E-state index contributed by atoms with van der Waals surface area (Å²) in [5.41, 5.74) is 3.17. The second-order valence-corrected chi connectivity index (χ2v) is 9.87. The van der Waals surface area contributed by atoms with Gasteiger partial charge in [0.05, 0.1) is 18.7 Å². The van der Waals surface area contributed by atoms with Crippen molar-refractivity contribution in [2.75, 3.05) is 13.1 Å². The summed E-state index contributed by atoms with van der Waals surface area (Å²) in [5, 5.41) is 13.9. The lowest BCUT2D eigenvalue weighted by molar-refractivity contribution is -0.919. The number of nitrogens with one attached hydrogen (secondary N) is 1. The first kappa shape index (κ1) is 23.1. The molecule has 0 atom stereocenters. The van der Waals surface area contributed by atoms with Crippen molar-refractivity contribution in [3.63, 3.8) is 0 Å². The Bertz CT molecular complexity index is 1190. The van der Waals surface area contributed by atoms with E-state index in [0.29, 0.717) is 35.3 Å². The van der Waals surface area contributed by atoms with E-state index >= 15 is 0 Å². The van der Waals surface area contributed by atoms with Crippen molar-refractivity contribution in [3.05, 3.63) is 65.0 Å². The molecule has 0 unspecified atom stereocenters. The molecule has 2 heterocycles. The van der Waals surface area contributed by atoms with E-state index < -0.39 is 0 Å².